The number of aromatic nitrogens is 2. The van der Waals surface area contributed by atoms with Crippen LogP contribution in [-0.4, -0.2) is 20.5 Å². The van der Waals surface area contributed by atoms with Crippen LogP contribution < -0.4 is 0 Å². The van der Waals surface area contributed by atoms with Crippen LogP contribution in [0.25, 0.3) is 38.3 Å². The number of aryl methyl sites for hydroxylation is 2. The van der Waals surface area contributed by atoms with E-state index < -0.39 is 0 Å². The minimum Gasteiger partial charge on any atom is -0.512 e. The summed E-state index contributed by atoms with van der Waals surface area (Å²) < 4.78 is 2.04. The molecule has 0 amide bonds. The molecule has 0 atom stereocenters. The van der Waals surface area contributed by atoms with Gasteiger partial charge in [-0.15, -0.1) is 10.9 Å². The number of pyridine rings is 1. The molecule has 3 aromatic carbocycles. The van der Waals surface area contributed by atoms with Crippen LogP contribution in [0.3, 0.4) is 0 Å². The number of aliphatic hydroxyl groups is 1. The third-order valence-corrected chi connectivity index (χ3v) is 5.30. The van der Waals surface area contributed by atoms with E-state index in [2.05, 4.69) is 73.7 Å². The minimum atomic E-state index is -0.125. The van der Waals surface area contributed by atoms with Crippen molar-refractivity contribution in [2.75, 3.05) is 0 Å². The van der Waals surface area contributed by atoms with Crippen molar-refractivity contribution in [1.82, 2.24) is 9.61 Å². The maximum Gasteiger partial charge on any atom is 0.155 e. The molecule has 5 aromatic rings. The van der Waals surface area contributed by atoms with Gasteiger partial charge in [-0.25, -0.2) is 0 Å². The monoisotopic (exact) mass is 614 g/mol. The van der Waals surface area contributed by atoms with Crippen molar-refractivity contribution < 1.29 is 30.0 Å². The molecule has 0 saturated heterocycles. The second-order valence-electron chi connectivity index (χ2n) is 7.99. The molecule has 4 nitrogen and oxygen atoms in total. The fraction of sp³-hybridized carbons (Fsp3) is 0.143. The molecular formula is C28H25IrN2O2-. The van der Waals surface area contributed by atoms with Crippen molar-refractivity contribution in [3.8, 4) is 11.1 Å². The van der Waals surface area contributed by atoms with Gasteiger partial charge in [0.15, 0.2) is 5.78 Å². The standard InChI is InChI=1S/C23H17N2.C5H8O2.Ir/c1-15-7-6-10-19-20-14-18(17-8-4-3-5-9-17)11-12-21(20)25-22(23(15)19)13-16(2)24-25;1-4(6)3-5(2)7;/h3-11,13-14H,1-2H3;3,6H,1-2H3;/q-1;;/b;4-3-;. The molecule has 169 valence electrons. The quantitative estimate of drug-likeness (QED) is 0.104. The van der Waals surface area contributed by atoms with Crippen LogP contribution in [0.15, 0.2) is 78.6 Å². The molecule has 0 aliphatic rings. The Morgan fingerprint density at radius 1 is 0.970 bits per heavy atom. The molecule has 0 saturated carbocycles. The van der Waals surface area contributed by atoms with Crippen LogP contribution in [0.5, 0.6) is 0 Å². The molecule has 0 fully saturated rings. The second kappa shape index (κ2) is 10.1. The molecule has 2 aromatic heterocycles. The van der Waals surface area contributed by atoms with Crippen LogP contribution in [0.4, 0.5) is 0 Å². The third kappa shape index (κ3) is 5.05. The number of aliphatic hydroxyl groups excluding tert-OH is 1. The van der Waals surface area contributed by atoms with Crippen LogP contribution in [-0.2, 0) is 24.9 Å². The van der Waals surface area contributed by atoms with Gasteiger partial charge in [-0.3, -0.25) is 9.31 Å². The predicted octanol–water partition coefficient (Wildman–Crippen LogP) is 6.76. The summed E-state index contributed by atoms with van der Waals surface area (Å²) in [6.45, 7) is 7.06. The molecule has 0 aliphatic carbocycles. The van der Waals surface area contributed by atoms with Gasteiger partial charge < -0.3 is 5.11 Å². The van der Waals surface area contributed by atoms with Gasteiger partial charge in [-0.1, -0.05) is 59.5 Å². The molecular weight excluding hydrogens is 589 g/mol. The summed E-state index contributed by atoms with van der Waals surface area (Å²) >= 11 is 0. The molecule has 0 bridgehead atoms. The number of allylic oxidation sites excluding steroid dienone is 2. The van der Waals surface area contributed by atoms with E-state index in [-0.39, 0.29) is 31.6 Å². The van der Waals surface area contributed by atoms with Crippen LogP contribution in [0.2, 0.25) is 0 Å². The van der Waals surface area contributed by atoms with Crippen molar-refractivity contribution in [2.24, 2.45) is 0 Å². The van der Waals surface area contributed by atoms with Crippen LogP contribution >= 0.6 is 0 Å². The normalized spacial score (nSPS) is 11.2. The van der Waals surface area contributed by atoms with Crippen molar-refractivity contribution in [1.29, 1.82) is 0 Å². The Hall–Kier alpha value is -3.27. The summed E-state index contributed by atoms with van der Waals surface area (Å²) in [5, 5.41) is 16.8. The summed E-state index contributed by atoms with van der Waals surface area (Å²) in [5.41, 5.74) is 6.87. The van der Waals surface area contributed by atoms with Crippen molar-refractivity contribution in [2.45, 2.75) is 27.7 Å². The zero-order valence-corrected chi connectivity index (χ0v) is 21.4. The maximum atomic E-state index is 10.0. The van der Waals surface area contributed by atoms with Crippen LogP contribution in [0.1, 0.15) is 25.1 Å². The van der Waals surface area contributed by atoms with Gasteiger partial charge in [0.25, 0.3) is 0 Å². The average Bonchev–Trinajstić information content (AvgIpc) is 3.15. The summed E-state index contributed by atoms with van der Waals surface area (Å²) in [5.74, 6) is -0.0625. The van der Waals surface area contributed by atoms with Gasteiger partial charge in [-0.2, -0.15) is 23.3 Å². The number of fused-ring (bicyclic) bond motifs is 6. The topological polar surface area (TPSA) is 54.6 Å². The number of hydrogen-bond acceptors (Lipinski definition) is 3. The molecule has 1 N–H and O–H groups in total. The maximum absolute atomic E-state index is 10.0. The fourth-order valence-corrected chi connectivity index (χ4v) is 4.04. The summed E-state index contributed by atoms with van der Waals surface area (Å²) in [6.07, 6.45) is 1.17. The number of carbonyl (C=O) groups excluding carboxylic acids is 1. The fourth-order valence-electron chi connectivity index (χ4n) is 4.04. The van der Waals surface area contributed by atoms with E-state index in [1.807, 2.05) is 17.5 Å². The van der Waals surface area contributed by atoms with E-state index in [1.54, 1.807) is 0 Å². The first-order chi connectivity index (χ1) is 15.3. The second-order valence-corrected chi connectivity index (χ2v) is 7.99. The number of ketones is 1. The Kier molecular flexibility index (Phi) is 7.47. The van der Waals surface area contributed by atoms with Gasteiger partial charge >= 0.3 is 0 Å². The first-order valence-corrected chi connectivity index (χ1v) is 10.5. The van der Waals surface area contributed by atoms with Gasteiger partial charge in [0, 0.05) is 26.2 Å². The third-order valence-electron chi connectivity index (χ3n) is 5.30. The van der Waals surface area contributed by atoms with Crippen LogP contribution in [0, 0.1) is 19.9 Å². The Morgan fingerprint density at radius 2 is 1.70 bits per heavy atom. The molecule has 0 spiro atoms. The van der Waals surface area contributed by atoms with E-state index in [4.69, 9.17) is 10.2 Å². The van der Waals surface area contributed by atoms with E-state index in [0.29, 0.717) is 0 Å². The molecule has 2 heterocycles. The van der Waals surface area contributed by atoms with Gasteiger partial charge in [0.05, 0.1) is 17.0 Å². The number of nitrogens with zero attached hydrogens (tertiary/aromatic N) is 2. The smallest absolute Gasteiger partial charge is 0.155 e. The molecule has 5 heteroatoms. The SMILES string of the molecule is CC(=O)/C=C(/C)O.Cc1cc2c3c(C)cccc3c3cc(-c4ccccc4)c[c-]c3n2n1.[Ir]. The van der Waals surface area contributed by atoms with Crippen molar-refractivity contribution in [3.05, 3.63) is 95.9 Å². The van der Waals surface area contributed by atoms with Crippen molar-refractivity contribution >= 4 is 33.0 Å². The molecule has 33 heavy (non-hydrogen) atoms. The van der Waals surface area contributed by atoms with E-state index >= 15 is 0 Å². The number of hydrogen-bond donors (Lipinski definition) is 1. The number of rotatable bonds is 2. The van der Waals surface area contributed by atoms with Gasteiger partial charge in [0.2, 0.25) is 0 Å². The van der Waals surface area contributed by atoms with Gasteiger partial charge in [-0.05, 0) is 50.2 Å². The predicted molar refractivity (Wildman–Crippen MR) is 131 cm³/mol. The first kappa shape index (κ1) is 24.4. The number of benzene rings is 3. The summed E-state index contributed by atoms with van der Waals surface area (Å²) in [6, 6.07) is 26.9. The van der Waals surface area contributed by atoms with Crippen molar-refractivity contribution in [3.63, 3.8) is 0 Å². The van der Waals surface area contributed by atoms with E-state index in [1.165, 1.54) is 52.8 Å². The Morgan fingerprint density at radius 3 is 2.33 bits per heavy atom. The zero-order chi connectivity index (χ0) is 22.8. The number of carbonyl (C=O) groups is 1. The van der Waals surface area contributed by atoms with E-state index in [0.717, 1.165) is 16.7 Å². The summed E-state index contributed by atoms with van der Waals surface area (Å²) in [4.78, 5) is 10.0. The van der Waals surface area contributed by atoms with Gasteiger partial charge in [0.1, 0.15) is 0 Å². The molecule has 1 radical (unpaired) electrons. The molecule has 5 rings (SSSR count). The Balaban J connectivity index is 0.000000337. The summed E-state index contributed by atoms with van der Waals surface area (Å²) in [7, 11) is 0. The average molecular weight is 614 g/mol. The largest absolute Gasteiger partial charge is 0.512 e. The first-order valence-electron chi connectivity index (χ1n) is 10.5. The van der Waals surface area contributed by atoms with E-state index in [9.17, 15) is 4.79 Å². The Labute approximate surface area is 206 Å². The molecule has 0 unspecified atom stereocenters. The Bertz CT molecular complexity index is 1480. The zero-order valence-electron chi connectivity index (χ0n) is 19.0. The minimum absolute atomic E-state index is 0. The molecule has 0 aliphatic heterocycles.